The second-order valence-electron chi connectivity index (χ2n) is 7.88. The van der Waals surface area contributed by atoms with Gasteiger partial charge in [-0.2, -0.15) is 8.42 Å². The summed E-state index contributed by atoms with van der Waals surface area (Å²) in [6.07, 6.45) is -0.294. The zero-order valence-electron chi connectivity index (χ0n) is 17.5. The lowest BCUT2D eigenvalue weighted by molar-refractivity contribution is -0.128. The lowest BCUT2D eigenvalue weighted by Gasteiger charge is -2.35. The van der Waals surface area contributed by atoms with E-state index in [9.17, 15) is 13.2 Å². The smallest absolute Gasteiger partial charge is 0.298 e. The number of carbonyl (C=O) groups excluding carboxylic acids is 1. The Morgan fingerprint density at radius 1 is 1.29 bits per heavy atom. The van der Waals surface area contributed by atoms with Crippen LogP contribution in [0.4, 0.5) is 0 Å². The number of hydrogen-bond donors (Lipinski definition) is 1. The number of nitrogens with one attached hydrogen (secondary N) is 1. The summed E-state index contributed by atoms with van der Waals surface area (Å²) in [5, 5.41) is 2.87. The summed E-state index contributed by atoms with van der Waals surface area (Å²) in [5.74, 6) is 0.237. The van der Waals surface area contributed by atoms with E-state index >= 15 is 0 Å². The maximum absolute atomic E-state index is 12.7. The van der Waals surface area contributed by atoms with Crippen LogP contribution in [-0.4, -0.2) is 65.2 Å². The summed E-state index contributed by atoms with van der Waals surface area (Å²) in [6, 6.07) is 2.79. The molecule has 0 radical (unpaired) electrons. The third kappa shape index (κ3) is 4.76. The highest BCUT2D eigenvalue weighted by Gasteiger charge is 2.37. The highest BCUT2D eigenvalue weighted by molar-refractivity contribution is 7.87. The highest BCUT2D eigenvalue weighted by atomic mass is 32.2. The van der Waals surface area contributed by atoms with E-state index < -0.39 is 22.1 Å². The fourth-order valence-electron chi connectivity index (χ4n) is 3.19. The van der Waals surface area contributed by atoms with E-state index in [1.165, 1.54) is 20.3 Å². The normalized spacial score (nSPS) is 19.6. The maximum Gasteiger partial charge on any atom is 0.298 e. The molecule has 0 spiro atoms. The van der Waals surface area contributed by atoms with E-state index in [1.807, 2.05) is 21.0 Å². The molecule has 2 rings (SSSR count). The number of benzene rings is 1. The summed E-state index contributed by atoms with van der Waals surface area (Å²) in [5.41, 5.74) is 0.341. The Kier molecular flexibility index (Phi) is 6.62. The van der Waals surface area contributed by atoms with E-state index in [2.05, 4.69) is 24.1 Å². The summed E-state index contributed by atoms with van der Waals surface area (Å²) in [7, 11) is 2.76. The minimum absolute atomic E-state index is 0.00371. The second kappa shape index (κ2) is 8.26. The van der Waals surface area contributed by atoms with Crippen molar-refractivity contribution in [2.75, 3.05) is 28.3 Å². The van der Waals surface area contributed by atoms with Crippen molar-refractivity contribution in [3.63, 3.8) is 0 Å². The van der Waals surface area contributed by atoms with Gasteiger partial charge in [0.2, 0.25) is 0 Å². The van der Waals surface area contributed by atoms with Gasteiger partial charge >= 0.3 is 0 Å². The van der Waals surface area contributed by atoms with Crippen LogP contribution < -0.4 is 14.8 Å². The average Bonchev–Trinajstić information content (AvgIpc) is 2.59. The predicted octanol–water partition coefficient (Wildman–Crippen LogP) is 1.57. The van der Waals surface area contributed by atoms with Gasteiger partial charge in [0.25, 0.3) is 16.0 Å². The fraction of sp³-hybridized carbons (Fsp3) is 0.632. The van der Waals surface area contributed by atoms with Gasteiger partial charge < -0.3 is 19.7 Å². The lowest BCUT2D eigenvalue weighted by Crippen LogP contribution is -2.49. The topological polar surface area (TPSA) is 94.2 Å². The largest absolute Gasteiger partial charge is 0.493 e. The number of carbonyl (C=O) groups is 1. The van der Waals surface area contributed by atoms with Crippen LogP contribution in [0.15, 0.2) is 17.0 Å². The molecule has 28 heavy (non-hydrogen) atoms. The van der Waals surface area contributed by atoms with E-state index in [-0.39, 0.29) is 28.6 Å². The van der Waals surface area contributed by atoms with Gasteiger partial charge in [-0.05, 0) is 52.9 Å². The second-order valence-corrected chi connectivity index (χ2v) is 9.42. The zero-order chi connectivity index (χ0) is 21.3. The molecule has 1 aromatic rings. The maximum atomic E-state index is 12.7. The number of amides is 1. The van der Waals surface area contributed by atoms with Crippen LogP contribution in [0.25, 0.3) is 0 Å². The molecule has 158 valence electrons. The van der Waals surface area contributed by atoms with Gasteiger partial charge in [-0.1, -0.05) is 0 Å². The van der Waals surface area contributed by atoms with Crippen LogP contribution in [0.2, 0.25) is 0 Å². The van der Waals surface area contributed by atoms with Gasteiger partial charge in [0.15, 0.2) is 17.6 Å². The first-order valence-electron chi connectivity index (χ1n) is 9.07. The molecule has 0 aliphatic carbocycles. The fourth-order valence-corrected chi connectivity index (χ4v) is 4.47. The monoisotopic (exact) mass is 414 g/mol. The Bertz CT molecular complexity index is 835. The Morgan fingerprint density at radius 3 is 2.39 bits per heavy atom. The van der Waals surface area contributed by atoms with Crippen molar-refractivity contribution in [3.05, 3.63) is 17.7 Å². The van der Waals surface area contributed by atoms with Gasteiger partial charge in [0.05, 0.1) is 14.2 Å². The number of hydrogen-bond acceptors (Lipinski definition) is 7. The van der Waals surface area contributed by atoms with Crippen LogP contribution in [0, 0.1) is 0 Å². The minimum atomic E-state index is -4.08. The zero-order valence-corrected chi connectivity index (χ0v) is 18.3. The first kappa shape index (κ1) is 22.4. The standard InChI is InChI=1S/C19H30N2O6S/c1-12(11-19(2,3)21(4)5)20-18(22)16-9-13-8-14(25-6)15(26-7)10-17(13)28(23,24)27-16/h8,10,12,16H,9,11H2,1-7H3,(H,20,22)/t12-,16+/m1/s1. The molecule has 1 aliphatic heterocycles. The molecule has 1 heterocycles. The van der Waals surface area contributed by atoms with Crippen molar-refractivity contribution in [1.82, 2.24) is 10.2 Å². The summed E-state index contributed by atoms with van der Waals surface area (Å²) in [6.45, 7) is 6.04. The molecule has 2 atom stereocenters. The average molecular weight is 415 g/mol. The van der Waals surface area contributed by atoms with Gasteiger partial charge in [0, 0.05) is 24.1 Å². The van der Waals surface area contributed by atoms with Crippen molar-refractivity contribution in [2.24, 2.45) is 0 Å². The molecule has 0 unspecified atom stereocenters. The van der Waals surface area contributed by atoms with Gasteiger partial charge in [-0.15, -0.1) is 0 Å². The minimum Gasteiger partial charge on any atom is -0.493 e. The quantitative estimate of drug-likeness (QED) is 0.677. The van der Waals surface area contributed by atoms with E-state index in [4.69, 9.17) is 13.7 Å². The van der Waals surface area contributed by atoms with Crippen LogP contribution in [0.1, 0.15) is 32.8 Å². The Balaban J connectivity index is 2.20. The molecule has 0 bridgehead atoms. The van der Waals surface area contributed by atoms with Crippen molar-refractivity contribution >= 4 is 16.0 Å². The van der Waals surface area contributed by atoms with Crippen molar-refractivity contribution in [2.45, 2.75) is 56.2 Å². The molecule has 1 aliphatic rings. The lowest BCUT2D eigenvalue weighted by atomic mass is 9.94. The SMILES string of the molecule is COc1cc2c(cc1OC)S(=O)(=O)O[C@H](C(=O)N[C@H](C)CC(C)(C)N(C)C)C2. The molecule has 0 saturated carbocycles. The van der Waals surface area contributed by atoms with Crippen molar-refractivity contribution in [1.29, 1.82) is 0 Å². The number of ether oxygens (including phenoxy) is 2. The molecule has 0 saturated heterocycles. The molecule has 0 aromatic heterocycles. The first-order chi connectivity index (χ1) is 12.9. The van der Waals surface area contributed by atoms with E-state index in [0.717, 1.165) is 0 Å². The van der Waals surface area contributed by atoms with Crippen LogP contribution >= 0.6 is 0 Å². The summed E-state index contributed by atoms with van der Waals surface area (Å²) in [4.78, 5) is 14.7. The highest BCUT2D eigenvalue weighted by Crippen LogP contribution is 2.37. The summed E-state index contributed by atoms with van der Waals surface area (Å²) >= 11 is 0. The first-order valence-corrected chi connectivity index (χ1v) is 10.5. The van der Waals surface area contributed by atoms with Crippen LogP contribution in [0.3, 0.4) is 0 Å². The third-order valence-corrected chi connectivity index (χ3v) is 6.59. The third-order valence-electron chi connectivity index (χ3n) is 5.18. The molecule has 8 nitrogen and oxygen atoms in total. The van der Waals surface area contributed by atoms with Gasteiger partial charge in [-0.25, -0.2) is 0 Å². The number of rotatable bonds is 7. The molecule has 1 aromatic carbocycles. The van der Waals surface area contributed by atoms with E-state index in [0.29, 0.717) is 17.7 Å². The molecule has 0 fully saturated rings. The van der Waals surface area contributed by atoms with Gasteiger partial charge in [-0.3, -0.25) is 8.98 Å². The number of fused-ring (bicyclic) bond motifs is 1. The molecule has 1 N–H and O–H groups in total. The van der Waals surface area contributed by atoms with Crippen LogP contribution in [-0.2, 0) is 25.5 Å². The number of methoxy groups -OCH3 is 2. The summed E-state index contributed by atoms with van der Waals surface area (Å²) < 4.78 is 40.7. The predicted molar refractivity (Wildman–Crippen MR) is 105 cm³/mol. The van der Waals surface area contributed by atoms with E-state index in [1.54, 1.807) is 6.07 Å². The number of nitrogens with zero attached hydrogens (tertiary/aromatic N) is 1. The Labute approximate surface area is 167 Å². The molecule has 9 heteroatoms. The Hall–Kier alpha value is -1.84. The van der Waals surface area contributed by atoms with Crippen molar-refractivity contribution in [3.8, 4) is 11.5 Å². The Morgan fingerprint density at radius 2 is 1.86 bits per heavy atom. The molecule has 1 amide bonds. The molecular formula is C19H30N2O6S. The van der Waals surface area contributed by atoms with Crippen LogP contribution in [0.5, 0.6) is 11.5 Å². The van der Waals surface area contributed by atoms with Crippen molar-refractivity contribution < 1.29 is 26.9 Å². The molecular weight excluding hydrogens is 384 g/mol. The van der Waals surface area contributed by atoms with Gasteiger partial charge in [0.1, 0.15) is 4.90 Å².